The van der Waals surface area contributed by atoms with E-state index in [1.165, 1.54) is 26.1 Å². The third kappa shape index (κ3) is 4.64. The van der Waals surface area contributed by atoms with E-state index in [-0.39, 0.29) is 23.0 Å². The summed E-state index contributed by atoms with van der Waals surface area (Å²) in [6, 6.07) is 5.65. The third-order valence-electron chi connectivity index (χ3n) is 4.28. The number of carbonyl (C=O) groups is 2. The molecule has 0 aliphatic carbocycles. The van der Waals surface area contributed by atoms with Crippen molar-refractivity contribution >= 4 is 29.1 Å². The minimum atomic E-state index is -1.10. The quantitative estimate of drug-likeness (QED) is 0.403. The molecule has 0 fully saturated rings. The van der Waals surface area contributed by atoms with E-state index in [9.17, 15) is 19.7 Å². The van der Waals surface area contributed by atoms with Crippen molar-refractivity contribution in [1.29, 1.82) is 0 Å². The molecule has 1 heterocycles. The number of esters is 1. The summed E-state index contributed by atoms with van der Waals surface area (Å²) in [7, 11) is 1.54. The van der Waals surface area contributed by atoms with E-state index in [1.54, 1.807) is 16.9 Å². The molecule has 2 atom stereocenters. The van der Waals surface area contributed by atoms with Crippen molar-refractivity contribution in [3.05, 3.63) is 46.1 Å². The lowest BCUT2D eigenvalue weighted by Crippen LogP contribution is -2.31. The monoisotopic (exact) mass is 389 g/mol. The molecule has 2 aromatic rings. The molecule has 1 amide bonds. The highest BCUT2D eigenvalue weighted by atomic mass is 16.6. The molecule has 150 valence electrons. The summed E-state index contributed by atoms with van der Waals surface area (Å²) in [5, 5.41) is 20.6. The van der Waals surface area contributed by atoms with Gasteiger partial charge in [0.2, 0.25) is 0 Å². The van der Waals surface area contributed by atoms with Gasteiger partial charge < -0.3 is 15.4 Å². The van der Waals surface area contributed by atoms with Crippen molar-refractivity contribution in [3.8, 4) is 0 Å². The Balaban J connectivity index is 2.08. The van der Waals surface area contributed by atoms with Gasteiger partial charge in [0.1, 0.15) is 11.5 Å². The Bertz CT molecular complexity index is 879. The fraction of sp³-hybridized carbons (Fsp3) is 0.389. The van der Waals surface area contributed by atoms with E-state index < -0.39 is 22.9 Å². The van der Waals surface area contributed by atoms with Crippen LogP contribution in [0.25, 0.3) is 0 Å². The zero-order chi connectivity index (χ0) is 20.8. The zero-order valence-electron chi connectivity index (χ0n) is 16.1. The molecule has 0 bridgehead atoms. The molecule has 0 unspecified atom stereocenters. The standard InChI is InChI=1S/C18H23N5O5/c1-5-11(2)22-16(8-9-20-22)21-17(24)12(3)28-18(25)13-6-7-14(19-4)15(10-13)23(26)27/h6-12,19H,5H2,1-4H3,(H,21,24)/t11-,12+/m0/s1. The molecular weight excluding hydrogens is 366 g/mol. The van der Waals surface area contributed by atoms with Crippen LogP contribution >= 0.6 is 0 Å². The van der Waals surface area contributed by atoms with Crippen molar-refractivity contribution in [1.82, 2.24) is 9.78 Å². The predicted octanol–water partition coefficient (Wildman–Crippen LogP) is 2.99. The molecule has 10 heteroatoms. The number of hydrogen-bond donors (Lipinski definition) is 2. The average molecular weight is 389 g/mol. The Morgan fingerprint density at radius 3 is 2.64 bits per heavy atom. The zero-order valence-corrected chi connectivity index (χ0v) is 16.1. The second kappa shape index (κ2) is 8.98. The molecule has 2 rings (SSSR count). The number of nitro groups is 1. The van der Waals surface area contributed by atoms with Gasteiger partial charge in [-0.3, -0.25) is 14.9 Å². The van der Waals surface area contributed by atoms with Gasteiger partial charge >= 0.3 is 5.97 Å². The molecule has 2 N–H and O–H groups in total. The number of nitrogens with zero attached hydrogens (tertiary/aromatic N) is 3. The number of aromatic nitrogens is 2. The van der Waals surface area contributed by atoms with Gasteiger partial charge in [-0.15, -0.1) is 0 Å². The van der Waals surface area contributed by atoms with Crippen LogP contribution in [0.2, 0.25) is 0 Å². The normalized spacial score (nSPS) is 12.7. The fourth-order valence-electron chi connectivity index (χ4n) is 2.47. The van der Waals surface area contributed by atoms with Crippen LogP contribution in [0.4, 0.5) is 17.2 Å². The van der Waals surface area contributed by atoms with E-state index in [0.717, 1.165) is 12.5 Å². The molecule has 0 radical (unpaired) electrons. The fourth-order valence-corrected chi connectivity index (χ4v) is 2.47. The van der Waals surface area contributed by atoms with Crippen LogP contribution in [0.5, 0.6) is 0 Å². The molecule has 0 saturated heterocycles. The lowest BCUT2D eigenvalue weighted by Gasteiger charge is -2.17. The van der Waals surface area contributed by atoms with Gasteiger partial charge in [-0.2, -0.15) is 5.10 Å². The molecule has 28 heavy (non-hydrogen) atoms. The predicted molar refractivity (Wildman–Crippen MR) is 103 cm³/mol. The van der Waals surface area contributed by atoms with Crippen molar-refractivity contribution in [2.24, 2.45) is 0 Å². The van der Waals surface area contributed by atoms with Crippen LogP contribution < -0.4 is 10.6 Å². The lowest BCUT2D eigenvalue weighted by atomic mass is 10.1. The SMILES string of the molecule is CC[C@H](C)n1nccc1NC(=O)[C@@H](C)OC(=O)c1ccc(NC)c([N+](=O)[O-])c1. The molecule has 1 aromatic heterocycles. The summed E-state index contributed by atoms with van der Waals surface area (Å²) < 4.78 is 6.83. The number of rotatable bonds is 8. The summed E-state index contributed by atoms with van der Waals surface area (Å²) in [6.45, 7) is 5.39. The van der Waals surface area contributed by atoms with Crippen LogP contribution in [-0.2, 0) is 9.53 Å². The van der Waals surface area contributed by atoms with E-state index in [4.69, 9.17) is 4.74 Å². The van der Waals surface area contributed by atoms with Crippen LogP contribution in [0.15, 0.2) is 30.5 Å². The smallest absolute Gasteiger partial charge is 0.339 e. The first-order valence-electron chi connectivity index (χ1n) is 8.80. The van der Waals surface area contributed by atoms with Crippen molar-refractivity contribution in [3.63, 3.8) is 0 Å². The number of ether oxygens (including phenoxy) is 1. The van der Waals surface area contributed by atoms with E-state index in [0.29, 0.717) is 5.82 Å². The topological polar surface area (TPSA) is 128 Å². The molecule has 1 aromatic carbocycles. The first kappa shape index (κ1) is 20.9. The molecule has 0 aliphatic rings. The van der Waals surface area contributed by atoms with Crippen molar-refractivity contribution in [2.75, 3.05) is 17.7 Å². The highest BCUT2D eigenvalue weighted by Gasteiger charge is 2.23. The van der Waals surface area contributed by atoms with E-state index in [2.05, 4.69) is 15.7 Å². The molecule has 0 saturated carbocycles. The highest BCUT2D eigenvalue weighted by Crippen LogP contribution is 2.25. The van der Waals surface area contributed by atoms with Gasteiger partial charge in [-0.05, 0) is 32.4 Å². The number of hydrogen-bond acceptors (Lipinski definition) is 7. The van der Waals surface area contributed by atoms with Crippen LogP contribution in [-0.4, -0.2) is 39.7 Å². The number of nitro benzene ring substituents is 1. The Morgan fingerprint density at radius 2 is 2.04 bits per heavy atom. The number of anilines is 2. The van der Waals surface area contributed by atoms with E-state index in [1.807, 2.05) is 13.8 Å². The maximum Gasteiger partial charge on any atom is 0.339 e. The number of benzene rings is 1. The summed E-state index contributed by atoms with van der Waals surface area (Å²) in [5.74, 6) is -0.861. The second-order valence-electron chi connectivity index (χ2n) is 6.19. The van der Waals surface area contributed by atoms with Gasteiger partial charge in [0.05, 0.1) is 22.7 Å². The molecule has 10 nitrogen and oxygen atoms in total. The lowest BCUT2D eigenvalue weighted by molar-refractivity contribution is -0.384. The Hall–Kier alpha value is -3.43. The maximum atomic E-state index is 12.4. The van der Waals surface area contributed by atoms with Gasteiger partial charge in [0, 0.05) is 19.2 Å². The molecule has 0 aliphatic heterocycles. The Kier molecular flexibility index (Phi) is 6.69. The van der Waals surface area contributed by atoms with Crippen molar-refractivity contribution < 1.29 is 19.2 Å². The van der Waals surface area contributed by atoms with Crippen molar-refractivity contribution in [2.45, 2.75) is 39.3 Å². The minimum absolute atomic E-state index is 0.0185. The van der Waals surface area contributed by atoms with Gasteiger partial charge in [-0.1, -0.05) is 6.92 Å². The largest absolute Gasteiger partial charge is 0.449 e. The third-order valence-corrected chi connectivity index (χ3v) is 4.28. The van der Waals surface area contributed by atoms with Gasteiger partial charge in [-0.25, -0.2) is 9.48 Å². The summed E-state index contributed by atoms with van der Waals surface area (Å²) >= 11 is 0. The second-order valence-corrected chi connectivity index (χ2v) is 6.19. The first-order valence-corrected chi connectivity index (χ1v) is 8.80. The number of carbonyl (C=O) groups excluding carboxylic acids is 2. The Morgan fingerprint density at radius 1 is 1.32 bits per heavy atom. The van der Waals surface area contributed by atoms with Crippen LogP contribution in [0.1, 0.15) is 43.6 Å². The van der Waals surface area contributed by atoms with Crippen LogP contribution in [0, 0.1) is 10.1 Å². The van der Waals surface area contributed by atoms with Crippen LogP contribution in [0.3, 0.4) is 0 Å². The Labute approximate surface area is 162 Å². The summed E-state index contributed by atoms with van der Waals surface area (Å²) in [5.41, 5.74) is -0.00726. The average Bonchev–Trinajstić information content (AvgIpc) is 3.14. The van der Waals surface area contributed by atoms with E-state index >= 15 is 0 Å². The molecule has 0 spiro atoms. The van der Waals surface area contributed by atoms with Gasteiger partial charge in [0.15, 0.2) is 6.10 Å². The first-order chi connectivity index (χ1) is 13.3. The highest BCUT2D eigenvalue weighted by molar-refractivity contribution is 5.97. The summed E-state index contributed by atoms with van der Waals surface area (Å²) in [6.07, 6.45) is 1.30. The summed E-state index contributed by atoms with van der Waals surface area (Å²) in [4.78, 5) is 35.2. The van der Waals surface area contributed by atoms with Gasteiger partial charge in [0.25, 0.3) is 11.6 Å². The minimum Gasteiger partial charge on any atom is -0.449 e. The number of nitrogens with one attached hydrogen (secondary N) is 2. The number of amides is 1. The molecular formula is C18H23N5O5. The maximum absolute atomic E-state index is 12.4.